The first kappa shape index (κ1) is 12.0. The molecule has 0 heterocycles. The average Bonchev–Trinajstić information content (AvgIpc) is 1.96. The SMILES string of the molecule is CC(O)COC1CC(C)CC(C)(C)C1. The average molecular weight is 200 g/mol. The van der Waals surface area contributed by atoms with Gasteiger partial charge in [-0.25, -0.2) is 0 Å². The van der Waals surface area contributed by atoms with Crippen LogP contribution in [-0.4, -0.2) is 23.9 Å². The van der Waals surface area contributed by atoms with Gasteiger partial charge in [0.25, 0.3) is 0 Å². The summed E-state index contributed by atoms with van der Waals surface area (Å²) in [5.41, 5.74) is 0.404. The standard InChI is InChI=1S/C12H24O2/c1-9-5-11(14-8-10(2)13)7-12(3,4)6-9/h9-11,13H,5-8H2,1-4H3. The lowest BCUT2D eigenvalue weighted by Gasteiger charge is -2.38. The third kappa shape index (κ3) is 3.97. The monoisotopic (exact) mass is 200 g/mol. The molecule has 3 unspecified atom stereocenters. The second-order valence-corrected chi connectivity index (χ2v) is 5.72. The van der Waals surface area contributed by atoms with Gasteiger partial charge in [-0.15, -0.1) is 0 Å². The highest BCUT2D eigenvalue weighted by molar-refractivity contribution is 4.83. The van der Waals surface area contributed by atoms with Crippen molar-refractivity contribution in [3.05, 3.63) is 0 Å². The van der Waals surface area contributed by atoms with E-state index < -0.39 is 0 Å². The van der Waals surface area contributed by atoms with Gasteiger partial charge >= 0.3 is 0 Å². The third-order valence-electron chi connectivity index (χ3n) is 2.92. The van der Waals surface area contributed by atoms with Crippen LogP contribution < -0.4 is 0 Å². The second-order valence-electron chi connectivity index (χ2n) is 5.72. The van der Waals surface area contributed by atoms with Gasteiger partial charge in [0.15, 0.2) is 0 Å². The Labute approximate surface area is 87.7 Å². The maximum atomic E-state index is 9.15. The molecule has 0 saturated heterocycles. The van der Waals surface area contributed by atoms with Crippen LogP contribution in [0.4, 0.5) is 0 Å². The minimum Gasteiger partial charge on any atom is -0.391 e. The Kier molecular flexibility index (Phi) is 3.96. The number of hydrogen-bond acceptors (Lipinski definition) is 2. The number of rotatable bonds is 3. The lowest BCUT2D eigenvalue weighted by molar-refractivity contribution is -0.0518. The Morgan fingerprint density at radius 3 is 2.57 bits per heavy atom. The highest BCUT2D eigenvalue weighted by Gasteiger charge is 2.32. The van der Waals surface area contributed by atoms with Crippen molar-refractivity contribution in [1.82, 2.24) is 0 Å². The second kappa shape index (κ2) is 4.63. The van der Waals surface area contributed by atoms with Crippen LogP contribution >= 0.6 is 0 Å². The van der Waals surface area contributed by atoms with E-state index in [1.165, 1.54) is 6.42 Å². The first-order valence-corrected chi connectivity index (χ1v) is 5.69. The van der Waals surface area contributed by atoms with Gasteiger partial charge < -0.3 is 9.84 Å². The highest BCUT2D eigenvalue weighted by Crippen LogP contribution is 2.39. The van der Waals surface area contributed by atoms with Crippen molar-refractivity contribution in [2.75, 3.05) is 6.61 Å². The molecule has 0 spiro atoms. The van der Waals surface area contributed by atoms with Gasteiger partial charge in [-0.05, 0) is 37.5 Å². The lowest BCUT2D eigenvalue weighted by atomic mass is 9.71. The number of aliphatic hydroxyl groups is 1. The molecule has 2 nitrogen and oxygen atoms in total. The Bertz CT molecular complexity index is 175. The van der Waals surface area contributed by atoms with Crippen molar-refractivity contribution in [1.29, 1.82) is 0 Å². The van der Waals surface area contributed by atoms with Crippen LogP contribution in [0, 0.1) is 11.3 Å². The van der Waals surface area contributed by atoms with Crippen molar-refractivity contribution >= 4 is 0 Å². The molecule has 0 aromatic heterocycles. The molecule has 0 bridgehead atoms. The summed E-state index contributed by atoms with van der Waals surface area (Å²) in [5, 5.41) is 9.15. The first-order valence-electron chi connectivity index (χ1n) is 5.69. The predicted molar refractivity (Wildman–Crippen MR) is 58.2 cm³/mol. The Balaban J connectivity index is 2.38. The molecule has 1 aliphatic carbocycles. The molecule has 1 aliphatic rings. The lowest BCUT2D eigenvalue weighted by Crippen LogP contribution is -2.33. The van der Waals surface area contributed by atoms with Crippen molar-refractivity contribution in [2.45, 2.75) is 59.2 Å². The highest BCUT2D eigenvalue weighted by atomic mass is 16.5. The molecule has 0 aliphatic heterocycles. The van der Waals surface area contributed by atoms with E-state index in [1.807, 2.05) is 0 Å². The van der Waals surface area contributed by atoms with Crippen LogP contribution in [-0.2, 0) is 4.74 Å². The quantitative estimate of drug-likeness (QED) is 0.759. The molecule has 3 atom stereocenters. The van der Waals surface area contributed by atoms with E-state index >= 15 is 0 Å². The van der Waals surface area contributed by atoms with Crippen molar-refractivity contribution in [3.8, 4) is 0 Å². The van der Waals surface area contributed by atoms with Crippen LogP contribution in [0.2, 0.25) is 0 Å². The van der Waals surface area contributed by atoms with E-state index in [4.69, 9.17) is 9.84 Å². The minimum absolute atomic E-state index is 0.338. The van der Waals surface area contributed by atoms with Gasteiger partial charge in [0.1, 0.15) is 0 Å². The summed E-state index contributed by atoms with van der Waals surface area (Å²) in [6, 6.07) is 0. The fourth-order valence-corrected chi connectivity index (χ4v) is 2.66. The molecule has 0 aromatic rings. The maximum Gasteiger partial charge on any atom is 0.0745 e. The Hall–Kier alpha value is -0.0800. The van der Waals surface area contributed by atoms with Gasteiger partial charge in [-0.3, -0.25) is 0 Å². The number of hydrogen-bond donors (Lipinski definition) is 1. The molecule has 1 saturated carbocycles. The molecule has 1 rings (SSSR count). The van der Waals surface area contributed by atoms with Gasteiger partial charge in [0.05, 0.1) is 18.8 Å². The van der Waals surface area contributed by atoms with Crippen LogP contribution in [0.25, 0.3) is 0 Å². The van der Waals surface area contributed by atoms with Crippen LogP contribution in [0.15, 0.2) is 0 Å². The molecule has 2 heteroatoms. The molecular weight excluding hydrogens is 176 g/mol. The van der Waals surface area contributed by atoms with Crippen LogP contribution in [0.1, 0.15) is 47.0 Å². The maximum absolute atomic E-state index is 9.15. The molecule has 14 heavy (non-hydrogen) atoms. The van der Waals surface area contributed by atoms with E-state index in [2.05, 4.69) is 20.8 Å². The molecule has 0 aromatic carbocycles. The van der Waals surface area contributed by atoms with Gasteiger partial charge in [0, 0.05) is 0 Å². The van der Waals surface area contributed by atoms with E-state index in [1.54, 1.807) is 6.92 Å². The van der Waals surface area contributed by atoms with Gasteiger partial charge in [-0.1, -0.05) is 20.8 Å². The Morgan fingerprint density at radius 1 is 1.43 bits per heavy atom. The smallest absolute Gasteiger partial charge is 0.0745 e. The zero-order chi connectivity index (χ0) is 10.8. The zero-order valence-corrected chi connectivity index (χ0v) is 9.92. The third-order valence-corrected chi connectivity index (χ3v) is 2.92. The van der Waals surface area contributed by atoms with Gasteiger partial charge in [0.2, 0.25) is 0 Å². The summed E-state index contributed by atoms with van der Waals surface area (Å²) in [7, 11) is 0. The summed E-state index contributed by atoms with van der Waals surface area (Å²) in [4.78, 5) is 0. The van der Waals surface area contributed by atoms with Gasteiger partial charge in [-0.2, -0.15) is 0 Å². The predicted octanol–water partition coefficient (Wildman–Crippen LogP) is 2.60. The van der Waals surface area contributed by atoms with E-state index in [-0.39, 0.29) is 6.10 Å². The molecule has 84 valence electrons. The van der Waals surface area contributed by atoms with E-state index in [9.17, 15) is 0 Å². The first-order chi connectivity index (χ1) is 6.39. The minimum atomic E-state index is -0.338. The summed E-state index contributed by atoms with van der Waals surface area (Å²) >= 11 is 0. The molecule has 0 radical (unpaired) electrons. The number of aliphatic hydroxyl groups excluding tert-OH is 1. The summed E-state index contributed by atoms with van der Waals surface area (Å²) in [6.45, 7) is 9.16. The van der Waals surface area contributed by atoms with E-state index in [0.717, 1.165) is 18.8 Å². The summed E-state index contributed by atoms with van der Waals surface area (Å²) in [6.07, 6.45) is 3.58. The zero-order valence-electron chi connectivity index (χ0n) is 9.92. The molecule has 1 N–H and O–H groups in total. The topological polar surface area (TPSA) is 29.5 Å². The fraction of sp³-hybridized carbons (Fsp3) is 1.00. The van der Waals surface area contributed by atoms with Crippen molar-refractivity contribution in [2.24, 2.45) is 11.3 Å². The van der Waals surface area contributed by atoms with E-state index in [0.29, 0.717) is 18.1 Å². The van der Waals surface area contributed by atoms with Crippen molar-refractivity contribution in [3.63, 3.8) is 0 Å². The molecule has 0 amide bonds. The molecule has 1 fully saturated rings. The summed E-state index contributed by atoms with van der Waals surface area (Å²) in [5.74, 6) is 0.748. The normalized spacial score (nSPS) is 34.1. The largest absolute Gasteiger partial charge is 0.391 e. The summed E-state index contributed by atoms with van der Waals surface area (Å²) < 4.78 is 5.70. The number of ether oxygens (including phenoxy) is 1. The molecular formula is C12H24O2. The fourth-order valence-electron chi connectivity index (χ4n) is 2.66. The Morgan fingerprint density at radius 2 is 2.07 bits per heavy atom. The van der Waals surface area contributed by atoms with Crippen molar-refractivity contribution < 1.29 is 9.84 Å². The van der Waals surface area contributed by atoms with Crippen LogP contribution in [0.5, 0.6) is 0 Å². The van der Waals surface area contributed by atoms with Crippen LogP contribution in [0.3, 0.4) is 0 Å².